The standard InChI is InChI=1S/C19H25N5O/c1-4-5-13(2)21-18-17-16(22-19(20)23-18)10-11-24(17)12-14-6-8-15(25-3)9-7-14/h6-11,13H,4-5,12H2,1-3H3,(H3,20,21,22,23). The van der Waals surface area contributed by atoms with Crippen LogP contribution in [0.25, 0.3) is 11.0 Å². The zero-order valence-electron chi connectivity index (χ0n) is 15.0. The van der Waals surface area contributed by atoms with Gasteiger partial charge in [0, 0.05) is 18.8 Å². The first-order valence-corrected chi connectivity index (χ1v) is 8.62. The molecule has 0 aliphatic rings. The van der Waals surface area contributed by atoms with E-state index in [0.29, 0.717) is 12.0 Å². The van der Waals surface area contributed by atoms with Crippen LogP contribution in [0.2, 0.25) is 0 Å². The van der Waals surface area contributed by atoms with E-state index in [-0.39, 0.29) is 0 Å². The molecule has 0 amide bonds. The van der Waals surface area contributed by atoms with Crippen LogP contribution in [0, 0.1) is 0 Å². The maximum absolute atomic E-state index is 5.88. The Kier molecular flexibility index (Phi) is 5.07. The molecule has 2 aromatic heterocycles. The van der Waals surface area contributed by atoms with Crippen LogP contribution in [0.1, 0.15) is 32.3 Å². The minimum atomic E-state index is 0.292. The number of fused-ring (bicyclic) bond motifs is 1. The van der Waals surface area contributed by atoms with Gasteiger partial charge in [-0.3, -0.25) is 0 Å². The second-order valence-corrected chi connectivity index (χ2v) is 6.29. The smallest absolute Gasteiger partial charge is 0.222 e. The van der Waals surface area contributed by atoms with E-state index >= 15 is 0 Å². The maximum atomic E-state index is 5.88. The van der Waals surface area contributed by atoms with Crippen molar-refractivity contribution >= 4 is 22.8 Å². The van der Waals surface area contributed by atoms with Crippen molar-refractivity contribution in [2.75, 3.05) is 18.2 Å². The fraction of sp³-hybridized carbons (Fsp3) is 0.368. The normalized spacial score (nSPS) is 12.3. The fourth-order valence-corrected chi connectivity index (χ4v) is 3.02. The molecule has 0 aliphatic carbocycles. The molecular weight excluding hydrogens is 314 g/mol. The molecule has 0 fully saturated rings. The van der Waals surface area contributed by atoms with Crippen LogP contribution in [-0.2, 0) is 6.54 Å². The highest BCUT2D eigenvalue weighted by molar-refractivity contribution is 5.87. The third-order valence-corrected chi connectivity index (χ3v) is 4.24. The lowest BCUT2D eigenvalue weighted by Crippen LogP contribution is -2.17. The van der Waals surface area contributed by atoms with Crippen molar-refractivity contribution in [2.45, 2.75) is 39.3 Å². The molecule has 1 atom stereocenters. The van der Waals surface area contributed by atoms with Crippen LogP contribution < -0.4 is 15.8 Å². The number of hydrogen-bond donors (Lipinski definition) is 2. The topological polar surface area (TPSA) is 78.0 Å². The van der Waals surface area contributed by atoms with E-state index in [1.165, 1.54) is 5.56 Å². The van der Waals surface area contributed by atoms with Crippen LogP contribution >= 0.6 is 0 Å². The zero-order valence-corrected chi connectivity index (χ0v) is 15.0. The van der Waals surface area contributed by atoms with Gasteiger partial charge in [-0.05, 0) is 37.1 Å². The Morgan fingerprint density at radius 1 is 1.20 bits per heavy atom. The molecule has 132 valence electrons. The minimum Gasteiger partial charge on any atom is -0.497 e. The summed E-state index contributed by atoms with van der Waals surface area (Å²) in [5.74, 6) is 1.94. The lowest BCUT2D eigenvalue weighted by molar-refractivity contribution is 0.414. The summed E-state index contributed by atoms with van der Waals surface area (Å²) >= 11 is 0. The number of nitrogens with two attached hydrogens (primary N) is 1. The lowest BCUT2D eigenvalue weighted by Gasteiger charge is -2.16. The van der Waals surface area contributed by atoms with Crippen LogP contribution in [0.4, 0.5) is 11.8 Å². The molecule has 0 saturated heterocycles. The molecule has 3 N–H and O–H groups in total. The van der Waals surface area contributed by atoms with Gasteiger partial charge in [-0.15, -0.1) is 0 Å². The van der Waals surface area contributed by atoms with Crippen molar-refractivity contribution in [2.24, 2.45) is 0 Å². The van der Waals surface area contributed by atoms with Crippen molar-refractivity contribution in [3.05, 3.63) is 42.1 Å². The van der Waals surface area contributed by atoms with Crippen molar-refractivity contribution < 1.29 is 4.74 Å². The number of nitrogen functional groups attached to an aromatic ring is 1. The van der Waals surface area contributed by atoms with E-state index < -0.39 is 0 Å². The molecule has 2 heterocycles. The second kappa shape index (κ2) is 7.42. The number of anilines is 2. The highest BCUT2D eigenvalue weighted by Crippen LogP contribution is 2.25. The quantitative estimate of drug-likeness (QED) is 0.687. The van der Waals surface area contributed by atoms with Crippen molar-refractivity contribution in [1.82, 2.24) is 14.5 Å². The Morgan fingerprint density at radius 3 is 2.64 bits per heavy atom. The Morgan fingerprint density at radius 2 is 1.96 bits per heavy atom. The third-order valence-electron chi connectivity index (χ3n) is 4.24. The van der Waals surface area contributed by atoms with E-state index in [0.717, 1.165) is 42.0 Å². The summed E-state index contributed by atoms with van der Waals surface area (Å²) in [4.78, 5) is 8.81. The van der Waals surface area contributed by atoms with E-state index in [4.69, 9.17) is 10.5 Å². The molecule has 6 nitrogen and oxygen atoms in total. The molecule has 6 heteroatoms. The summed E-state index contributed by atoms with van der Waals surface area (Å²) < 4.78 is 7.37. The molecule has 3 aromatic rings. The van der Waals surface area contributed by atoms with Crippen LogP contribution in [0.15, 0.2) is 36.5 Å². The SMILES string of the molecule is CCCC(C)Nc1nc(N)nc2ccn(Cc3ccc(OC)cc3)c12. The van der Waals surface area contributed by atoms with Gasteiger partial charge < -0.3 is 20.4 Å². The first kappa shape index (κ1) is 17.1. The van der Waals surface area contributed by atoms with Gasteiger partial charge in [-0.25, -0.2) is 4.98 Å². The van der Waals surface area contributed by atoms with Gasteiger partial charge in [-0.1, -0.05) is 25.5 Å². The summed E-state index contributed by atoms with van der Waals surface area (Å²) in [6.07, 6.45) is 4.22. The summed E-state index contributed by atoms with van der Waals surface area (Å²) in [6, 6.07) is 10.4. The Balaban J connectivity index is 1.94. The van der Waals surface area contributed by atoms with Crippen molar-refractivity contribution in [1.29, 1.82) is 0 Å². The molecule has 1 aromatic carbocycles. The number of hydrogen-bond acceptors (Lipinski definition) is 5. The zero-order chi connectivity index (χ0) is 17.8. The number of nitrogens with zero attached hydrogens (tertiary/aromatic N) is 3. The Bertz CT molecular complexity index is 841. The van der Waals surface area contributed by atoms with Crippen molar-refractivity contribution in [3.8, 4) is 5.75 Å². The highest BCUT2D eigenvalue weighted by Gasteiger charge is 2.13. The number of ether oxygens (including phenoxy) is 1. The van der Waals surface area contributed by atoms with E-state index in [2.05, 4.69) is 45.8 Å². The number of methoxy groups -OCH3 is 1. The van der Waals surface area contributed by atoms with E-state index in [1.54, 1.807) is 7.11 Å². The maximum Gasteiger partial charge on any atom is 0.222 e. The third kappa shape index (κ3) is 3.84. The first-order valence-electron chi connectivity index (χ1n) is 8.62. The number of benzene rings is 1. The minimum absolute atomic E-state index is 0.292. The first-order chi connectivity index (χ1) is 12.1. The number of nitrogens with one attached hydrogen (secondary N) is 1. The van der Waals surface area contributed by atoms with Crippen LogP contribution in [0.5, 0.6) is 5.75 Å². The second-order valence-electron chi connectivity index (χ2n) is 6.29. The monoisotopic (exact) mass is 339 g/mol. The summed E-state index contributed by atoms with van der Waals surface area (Å²) in [7, 11) is 1.67. The molecule has 3 rings (SSSR count). The average molecular weight is 339 g/mol. The van der Waals surface area contributed by atoms with Gasteiger partial charge in [0.05, 0.1) is 12.6 Å². The molecule has 1 unspecified atom stereocenters. The van der Waals surface area contributed by atoms with Crippen LogP contribution in [0.3, 0.4) is 0 Å². The van der Waals surface area contributed by atoms with Gasteiger partial charge in [0.15, 0.2) is 5.82 Å². The lowest BCUT2D eigenvalue weighted by atomic mass is 10.2. The molecule has 0 bridgehead atoms. The van der Waals surface area contributed by atoms with Crippen molar-refractivity contribution in [3.63, 3.8) is 0 Å². The predicted molar refractivity (Wildman–Crippen MR) is 102 cm³/mol. The molecule has 0 aliphatic heterocycles. The predicted octanol–water partition coefficient (Wildman–Crippen LogP) is 3.67. The van der Waals surface area contributed by atoms with E-state index in [9.17, 15) is 0 Å². The molecule has 0 saturated carbocycles. The Hall–Kier alpha value is -2.76. The molecule has 0 radical (unpaired) electrons. The fourth-order valence-electron chi connectivity index (χ4n) is 3.02. The van der Waals surface area contributed by atoms with E-state index in [1.807, 2.05) is 24.4 Å². The summed E-state index contributed by atoms with van der Waals surface area (Å²) in [5, 5.41) is 3.49. The Labute approximate surface area is 148 Å². The number of rotatable bonds is 7. The van der Waals surface area contributed by atoms with Crippen LogP contribution in [-0.4, -0.2) is 27.7 Å². The van der Waals surface area contributed by atoms with Gasteiger partial charge in [0.1, 0.15) is 11.3 Å². The summed E-state index contributed by atoms with van der Waals surface area (Å²) in [6.45, 7) is 5.07. The van der Waals surface area contributed by atoms with Gasteiger partial charge >= 0.3 is 0 Å². The number of aromatic nitrogens is 3. The highest BCUT2D eigenvalue weighted by atomic mass is 16.5. The largest absolute Gasteiger partial charge is 0.497 e. The van der Waals surface area contributed by atoms with Gasteiger partial charge in [-0.2, -0.15) is 4.98 Å². The molecular formula is C19H25N5O. The summed E-state index contributed by atoms with van der Waals surface area (Å²) in [5.41, 5.74) is 8.90. The van der Waals surface area contributed by atoms with Gasteiger partial charge in [0.2, 0.25) is 5.95 Å². The average Bonchev–Trinajstić information content (AvgIpc) is 2.98. The molecule has 0 spiro atoms. The molecule has 25 heavy (non-hydrogen) atoms. The van der Waals surface area contributed by atoms with Gasteiger partial charge in [0.25, 0.3) is 0 Å².